The highest BCUT2D eigenvalue weighted by Crippen LogP contribution is 2.24. The van der Waals surface area contributed by atoms with Crippen LogP contribution < -0.4 is 14.8 Å². The van der Waals surface area contributed by atoms with Gasteiger partial charge in [-0.15, -0.1) is 12.4 Å². The molecule has 3 aromatic rings. The van der Waals surface area contributed by atoms with Crippen molar-refractivity contribution in [3.05, 3.63) is 76.8 Å². The molecule has 2 atom stereocenters. The summed E-state index contributed by atoms with van der Waals surface area (Å²) in [6.07, 6.45) is 2.96. The van der Waals surface area contributed by atoms with E-state index >= 15 is 0 Å². The largest absolute Gasteiger partial charge is 0.497 e. The van der Waals surface area contributed by atoms with E-state index in [0.717, 1.165) is 22.7 Å². The van der Waals surface area contributed by atoms with Gasteiger partial charge in [0, 0.05) is 31.0 Å². The Bertz CT molecular complexity index is 949. The summed E-state index contributed by atoms with van der Waals surface area (Å²) >= 11 is 5.97. The molecular formula is C22H27Cl2N3O3. The number of methoxy groups -OCH3 is 1. The molecule has 0 aliphatic heterocycles. The summed E-state index contributed by atoms with van der Waals surface area (Å²) in [6.45, 7) is 2.42. The van der Waals surface area contributed by atoms with E-state index in [1.165, 1.54) is 0 Å². The Morgan fingerprint density at radius 2 is 2.03 bits per heavy atom. The number of nitrogens with one attached hydrogen (secondary N) is 1. The zero-order valence-electron chi connectivity index (χ0n) is 17.2. The van der Waals surface area contributed by atoms with Gasteiger partial charge in [-0.3, -0.25) is 0 Å². The van der Waals surface area contributed by atoms with Gasteiger partial charge >= 0.3 is 0 Å². The van der Waals surface area contributed by atoms with Crippen LogP contribution in [0.5, 0.6) is 11.5 Å². The van der Waals surface area contributed by atoms with Crippen LogP contribution in [0, 0.1) is 6.92 Å². The molecule has 0 saturated heterocycles. The van der Waals surface area contributed by atoms with Crippen molar-refractivity contribution in [3.63, 3.8) is 0 Å². The first-order valence-corrected chi connectivity index (χ1v) is 9.77. The van der Waals surface area contributed by atoms with E-state index < -0.39 is 6.10 Å². The van der Waals surface area contributed by atoms with Crippen molar-refractivity contribution < 1.29 is 14.6 Å². The van der Waals surface area contributed by atoms with Crippen LogP contribution >= 0.6 is 24.0 Å². The molecule has 0 fully saturated rings. The Kier molecular flexibility index (Phi) is 8.99. The highest BCUT2D eigenvalue weighted by molar-refractivity contribution is 6.30. The van der Waals surface area contributed by atoms with E-state index in [1.54, 1.807) is 19.4 Å². The minimum Gasteiger partial charge on any atom is -0.497 e. The normalized spacial score (nSPS) is 12.7. The number of benzene rings is 2. The molecule has 3 rings (SSSR count). The first-order valence-electron chi connectivity index (χ1n) is 9.39. The summed E-state index contributed by atoms with van der Waals surface area (Å²) in [5.74, 6) is 2.33. The van der Waals surface area contributed by atoms with Crippen molar-refractivity contribution in [2.45, 2.75) is 19.1 Å². The van der Waals surface area contributed by atoms with Gasteiger partial charge in [0.2, 0.25) is 0 Å². The average Bonchev–Trinajstić information content (AvgIpc) is 3.13. The van der Waals surface area contributed by atoms with E-state index in [4.69, 9.17) is 21.1 Å². The van der Waals surface area contributed by atoms with Gasteiger partial charge in [0.1, 0.15) is 30.0 Å². The number of nitrogens with zero attached hydrogens (tertiary/aromatic N) is 2. The predicted molar refractivity (Wildman–Crippen MR) is 121 cm³/mol. The van der Waals surface area contributed by atoms with Crippen LogP contribution in [0.2, 0.25) is 5.02 Å². The highest BCUT2D eigenvalue weighted by atomic mass is 35.5. The summed E-state index contributed by atoms with van der Waals surface area (Å²) in [5.41, 5.74) is 1.93. The van der Waals surface area contributed by atoms with Crippen molar-refractivity contribution in [1.82, 2.24) is 14.9 Å². The van der Waals surface area contributed by atoms with Crippen LogP contribution in [-0.4, -0.2) is 41.0 Å². The quantitative estimate of drug-likeness (QED) is 0.515. The average molecular weight is 452 g/mol. The smallest absolute Gasteiger partial charge is 0.130 e. The van der Waals surface area contributed by atoms with E-state index in [9.17, 15) is 5.11 Å². The molecule has 0 radical (unpaired) electrons. The third kappa shape index (κ3) is 6.12. The number of ether oxygens (including phenoxy) is 2. The maximum atomic E-state index is 10.5. The predicted octanol–water partition coefficient (Wildman–Crippen LogP) is 3.93. The Morgan fingerprint density at radius 1 is 1.23 bits per heavy atom. The molecule has 0 spiro atoms. The van der Waals surface area contributed by atoms with Gasteiger partial charge in [0.25, 0.3) is 0 Å². The Morgan fingerprint density at radius 3 is 2.70 bits per heavy atom. The summed E-state index contributed by atoms with van der Waals surface area (Å²) in [4.78, 5) is 4.47. The van der Waals surface area contributed by atoms with Crippen LogP contribution in [0.25, 0.3) is 0 Å². The number of hydrogen-bond acceptors (Lipinski definition) is 5. The van der Waals surface area contributed by atoms with Gasteiger partial charge in [-0.25, -0.2) is 4.98 Å². The molecule has 162 valence electrons. The van der Waals surface area contributed by atoms with Crippen LogP contribution in [0.4, 0.5) is 0 Å². The lowest BCUT2D eigenvalue weighted by Gasteiger charge is -2.22. The first-order chi connectivity index (χ1) is 14.0. The number of aryl methyl sites for hydroxylation is 2. The maximum Gasteiger partial charge on any atom is 0.130 e. The lowest BCUT2D eigenvalue weighted by Crippen LogP contribution is -2.35. The Hall–Kier alpha value is -2.25. The molecule has 1 aromatic heterocycles. The molecule has 0 amide bonds. The van der Waals surface area contributed by atoms with Crippen LogP contribution in [-0.2, 0) is 7.05 Å². The molecule has 8 heteroatoms. The van der Waals surface area contributed by atoms with Crippen molar-refractivity contribution in [3.8, 4) is 11.5 Å². The molecule has 0 bridgehead atoms. The van der Waals surface area contributed by atoms with Gasteiger partial charge < -0.3 is 24.5 Å². The molecule has 0 aliphatic carbocycles. The van der Waals surface area contributed by atoms with Crippen molar-refractivity contribution in [2.75, 3.05) is 20.3 Å². The number of imidazole rings is 1. The summed E-state index contributed by atoms with van der Waals surface area (Å²) in [6, 6.07) is 13.0. The van der Waals surface area contributed by atoms with Crippen LogP contribution in [0.1, 0.15) is 23.0 Å². The molecule has 2 N–H and O–H groups in total. The second-order valence-electron chi connectivity index (χ2n) is 6.89. The molecular weight excluding hydrogens is 425 g/mol. The van der Waals surface area contributed by atoms with E-state index in [2.05, 4.69) is 10.3 Å². The third-order valence-corrected chi connectivity index (χ3v) is 4.90. The number of aliphatic hydroxyl groups is 1. The molecule has 6 nitrogen and oxygen atoms in total. The topological polar surface area (TPSA) is 68.5 Å². The van der Waals surface area contributed by atoms with E-state index in [-0.39, 0.29) is 25.1 Å². The molecule has 0 aliphatic rings. The second kappa shape index (κ2) is 11.2. The number of aromatic nitrogens is 2. The minimum absolute atomic E-state index is 0. The fourth-order valence-corrected chi connectivity index (χ4v) is 3.33. The van der Waals surface area contributed by atoms with Gasteiger partial charge in [0.15, 0.2) is 0 Å². The number of aliphatic hydroxyl groups excluding tert-OH is 1. The van der Waals surface area contributed by atoms with Crippen molar-refractivity contribution >= 4 is 24.0 Å². The monoisotopic (exact) mass is 451 g/mol. The zero-order valence-corrected chi connectivity index (χ0v) is 18.8. The maximum absolute atomic E-state index is 10.5. The lowest BCUT2D eigenvalue weighted by molar-refractivity contribution is 0.104. The summed E-state index contributed by atoms with van der Waals surface area (Å²) in [7, 11) is 3.59. The minimum atomic E-state index is -0.696. The first kappa shape index (κ1) is 24.0. The molecule has 2 aromatic carbocycles. The van der Waals surface area contributed by atoms with Gasteiger partial charge in [-0.05, 0) is 48.4 Å². The molecule has 0 saturated carbocycles. The summed E-state index contributed by atoms with van der Waals surface area (Å²) in [5, 5.41) is 14.5. The number of rotatable bonds is 9. The van der Waals surface area contributed by atoms with Crippen molar-refractivity contribution in [1.29, 1.82) is 0 Å². The van der Waals surface area contributed by atoms with Crippen molar-refractivity contribution in [2.24, 2.45) is 7.05 Å². The fraction of sp³-hybridized carbons (Fsp3) is 0.318. The van der Waals surface area contributed by atoms with Gasteiger partial charge in [-0.1, -0.05) is 23.7 Å². The highest BCUT2D eigenvalue weighted by Gasteiger charge is 2.20. The van der Waals surface area contributed by atoms with E-state index in [0.29, 0.717) is 17.3 Å². The standard InChI is InChI=1S/C22H26ClN3O3.ClH/c1-15-11-17(23)7-8-20(15)29-14-18(27)13-25-21(22-24-9-10-26(22)2)16-5-4-6-19(12-16)28-3;/h4-12,18,21,25,27H,13-14H2,1-3H3;1H. The number of hydrogen-bond donors (Lipinski definition) is 2. The lowest BCUT2D eigenvalue weighted by atomic mass is 10.1. The number of halogens is 2. The molecule has 2 unspecified atom stereocenters. The molecule has 1 heterocycles. The summed E-state index contributed by atoms with van der Waals surface area (Å²) < 4.78 is 13.1. The zero-order chi connectivity index (χ0) is 20.8. The SMILES string of the molecule is COc1cccc(C(NCC(O)COc2ccc(Cl)cc2C)c2nccn2C)c1.Cl. The Balaban J connectivity index is 0.00000320. The fourth-order valence-electron chi connectivity index (χ4n) is 3.11. The second-order valence-corrected chi connectivity index (χ2v) is 7.33. The Labute approximate surface area is 188 Å². The van der Waals surface area contributed by atoms with Gasteiger partial charge in [-0.2, -0.15) is 0 Å². The van der Waals surface area contributed by atoms with Gasteiger partial charge in [0.05, 0.1) is 13.2 Å². The molecule has 30 heavy (non-hydrogen) atoms. The third-order valence-electron chi connectivity index (χ3n) is 4.67. The van der Waals surface area contributed by atoms with E-state index in [1.807, 2.05) is 61.1 Å². The van der Waals surface area contributed by atoms with Crippen LogP contribution in [0.15, 0.2) is 54.9 Å². The van der Waals surface area contributed by atoms with Crippen LogP contribution in [0.3, 0.4) is 0 Å².